The molecule has 8 fully saturated rings. The van der Waals surface area contributed by atoms with Gasteiger partial charge in [0.15, 0.2) is 0 Å². The van der Waals surface area contributed by atoms with Crippen LogP contribution in [-0.2, 0) is 55.6 Å². The molecule has 2 saturated heterocycles. The molecular weight excluding hydrogens is 795 g/mol. The number of carboxylic acid groups (broad SMARTS) is 2. The molecule has 0 spiro atoms. The number of piperidine rings is 1. The summed E-state index contributed by atoms with van der Waals surface area (Å²) in [7, 11) is 0. The second-order valence-electron chi connectivity index (χ2n) is 16.1. The molecule has 0 radical (unpaired) electrons. The summed E-state index contributed by atoms with van der Waals surface area (Å²) >= 11 is -1.62. The van der Waals surface area contributed by atoms with Crippen LogP contribution >= 0.6 is 0 Å². The number of carbonyl (C=O) groups excluding carboxylic acids is 7. The Morgan fingerprint density at radius 3 is 1.47 bits per heavy atom. The third kappa shape index (κ3) is 13.7. The number of carboxylic acids is 2. The number of nitrogens with one attached hydrogen (secondary N) is 1. The molecule has 6 saturated carbocycles. The molecule has 2 aliphatic heterocycles. The van der Waals surface area contributed by atoms with Crippen LogP contribution in [0.2, 0.25) is 0 Å². The van der Waals surface area contributed by atoms with Crippen molar-refractivity contribution in [2.45, 2.75) is 125 Å². The van der Waals surface area contributed by atoms with Crippen LogP contribution in [0.1, 0.15) is 125 Å². The van der Waals surface area contributed by atoms with Crippen molar-refractivity contribution in [2.24, 2.45) is 45.3 Å². The Kier molecular flexibility index (Phi) is 20.0. The van der Waals surface area contributed by atoms with Crippen molar-refractivity contribution in [3.8, 4) is 0 Å². The van der Waals surface area contributed by atoms with Gasteiger partial charge in [-0.05, 0) is 89.9 Å². The zero-order chi connectivity index (χ0) is 41.8. The van der Waals surface area contributed by atoms with E-state index in [2.05, 4.69) is 17.0 Å². The number of aliphatic carboxylic acids is 2. The maximum absolute atomic E-state index is 11.3. The van der Waals surface area contributed by atoms with E-state index in [1.807, 2.05) is 20.8 Å². The number of esters is 2. The largest absolute Gasteiger partial charge is 0.255 e. The van der Waals surface area contributed by atoms with E-state index in [-0.39, 0.29) is 80.9 Å². The van der Waals surface area contributed by atoms with E-state index in [9.17, 15) is 33.6 Å². The van der Waals surface area contributed by atoms with E-state index in [1.54, 1.807) is 0 Å². The molecule has 18 nitrogen and oxygen atoms in total. The number of cyclic esters (lactones) is 2. The summed E-state index contributed by atoms with van der Waals surface area (Å²) in [4.78, 5) is 95.7. The van der Waals surface area contributed by atoms with Crippen LogP contribution in [0.5, 0.6) is 0 Å². The second kappa shape index (κ2) is 21.5. The topological polar surface area (TPSA) is 325 Å². The average molecular weight is 852 g/mol. The molecule has 8 N–H and O–H groups in total. The smallest absolute Gasteiger partial charge is 0.255 e. The van der Waals surface area contributed by atoms with Crippen LogP contribution in [0.4, 0.5) is 0 Å². The van der Waals surface area contributed by atoms with Crippen LogP contribution < -0.4 is 11.5 Å². The van der Waals surface area contributed by atoms with Gasteiger partial charge in [-0.1, -0.05) is 20.8 Å². The molecule has 8 rings (SSSR count). The van der Waals surface area contributed by atoms with Crippen LogP contribution in [0.3, 0.4) is 0 Å². The van der Waals surface area contributed by atoms with Gasteiger partial charge < -0.3 is 21.1 Å². The van der Waals surface area contributed by atoms with Crippen molar-refractivity contribution < 1.29 is 76.3 Å². The van der Waals surface area contributed by atoms with E-state index in [1.165, 1.54) is 12.8 Å². The van der Waals surface area contributed by atoms with Gasteiger partial charge in [0.2, 0.25) is 23.4 Å². The van der Waals surface area contributed by atoms with Gasteiger partial charge in [0, 0.05) is 48.3 Å². The number of hydrogen-bond donors (Lipinski definition) is 6. The molecule has 19 heteroatoms. The van der Waals surface area contributed by atoms with E-state index in [4.69, 9.17) is 38.0 Å². The van der Waals surface area contributed by atoms with Crippen molar-refractivity contribution in [3.05, 3.63) is 0 Å². The number of hydrogen-bond acceptors (Lipinski definition) is 15. The molecule has 0 aromatic rings. The predicted molar refractivity (Wildman–Crippen MR) is 190 cm³/mol. The van der Waals surface area contributed by atoms with Gasteiger partial charge >= 0.3 is 34.4 Å². The Labute approximate surface area is 325 Å². The van der Waals surface area contributed by atoms with Gasteiger partial charge in [0.25, 0.3) is 11.9 Å². The fourth-order valence-electron chi connectivity index (χ4n) is 8.41. The van der Waals surface area contributed by atoms with Crippen LogP contribution in [0.25, 0.3) is 0 Å². The number of amides is 2. The molecule has 8 bridgehead atoms. The van der Waals surface area contributed by atoms with Gasteiger partial charge in [-0.25, -0.2) is 0 Å². The fourth-order valence-corrected chi connectivity index (χ4v) is 8.41. The van der Waals surface area contributed by atoms with Gasteiger partial charge in [0.05, 0.1) is 11.3 Å². The number of ketones is 3. The first kappa shape index (κ1) is 51.2. The summed E-state index contributed by atoms with van der Waals surface area (Å²) in [6, 6.07) is 0. The van der Waals surface area contributed by atoms with E-state index in [0.717, 1.165) is 84.0 Å². The number of Topliss-reactive ketones (excluding diaryl/α,β-unsaturated/α-hetero) is 3. The summed E-state index contributed by atoms with van der Waals surface area (Å²) in [5.74, 6) is -1.16. The third-order valence-electron chi connectivity index (χ3n) is 11.5. The van der Waals surface area contributed by atoms with Crippen LogP contribution in [0, 0.1) is 45.3 Å². The average Bonchev–Trinajstić information content (AvgIpc) is 3.91. The first-order valence-electron chi connectivity index (χ1n) is 17.7. The van der Waals surface area contributed by atoms with Gasteiger partial charge in [-0.15, -0.1) is 0 Å². The van der Waals surface area contributed by atoms with Crippen molar-refractivity contribution >= 4 is 67.9 Å². The van der Waals surface area contributed by atoms with E-state index < -0.39 is 26.8 Å². The van der Waals surface area contributed by atoms with Crippen LogP contribution in [0.15, 0.2) is 0 Å². The first-order valence-corrected chi connectivity index (χ1v) is 19.1. The molecule has 2 heterocycles. The Hall–Kier alpha value is -3.77. The third-order valence-corrected chi connectivity index (χ3v) is 11.5. The van der Waals surface area contributed by atoms with E-state index in [0.29, 0.717) is 12.2 Å². The summed E-state index contributed by atoms with van der Waals surface area (Å²) < 4.78 is 21.5. The minimum atomic E-state index is -1.62. The molecular formula is C36H56N2O16Se. The summed E-state index contributed by atoms with van der Waals surface area (Å²) in [5.41, 5.74) is -0.705. The number of imide groups is 1. The molecule has 6 aliphatic carbocycles. The monoisotopic (exact) mass is 852 g/mol. The zero-order valence-corrected chi connectivity index (χ0v) is 34.0. The Balaban J connectivity index is 0.000000638. The number of ether oxygens (including phenoxy) is 1. The normalized spacial score (nSPS) is 34.4. The number of fused-ring (bicyclic) bond motifs is 8. The maximum Gasteiger partial charge on any atom is -0.255 e. The molecule has 0 aromatic heterocycles. The van der Waals surface area contributed by atoms with Crippen molar-refractivity contribution in [1.29, 1.82) is 0 Å². The SMILES string of the molecule is CC(=O)O.CC(=O)O.CC12CCC(C1)C(=O)C2=O.CC12CCC(C1)C(=O)NC2=O.CC12CCC(C1)C(=O)OC2=O.CC12CCC(CC1=O)C2.N.O=[Se]=O.OO. The molecule has 8 unspecified atom stereocenters. The molecule has 0 aromatic carbocycles. The van der Waals surface area contributed by atoms with Gasteiger partial charge in [-0.2, -0.15) is 0 Å². The maximum atomic E-state index is 11.3. The van der Waals surface area contributed by atoms with Crippen LogP contribution in [-0.4, -0.2) is 88.6 Å². The fraction of sp³-hybridized carbons (Fsp3) is 0.750. The van der Waals surface area contributed by atoms with Gasteiger partial charge in [-0.3, -0.25) is 59.0 Å². The summed E-state index contributed by atoms with van der Waals surface area (Å²) in [5, 5.41) is 29.2. The van der Waals surface area contributed by atoms with Crippen molar-refractivity contribution in [1.82, 2.24) is 11.5 Å². The quantitative estimate of drug-likeness (QED) is 0.0384. The molecule has 2 amide bonds. The number of carbonyl (C=O) groups is 9. The molecule has 8 atom stereocenters. The van der Waals surface area contributed by atoms with Crippen molar-refractivity contribution in [2.75, 3.05) is 0 Å². The predicted octanol–water partition coefficient (Wildman–Crippen LogP) is 3.78. The summed E-state index contributed by atoms with van der Waals surface area (Å²) in [6.45, 7) is 10.0. The summed E-state index contributed by atoms with van der Waals surface area (Å²) in [6.07, 6.45) is 12.1. The molecule has 312 valence electrons. The minimum absolute atomic E-state index is 0. The van der Waals surface area contributed by atoms with Crippen molar-refractivity contribution in [3.63, 3.8) is 0 Å². The van der Waals surface area contributed by atoms with E-state index >= 15 is 0 Å². The number of rotatable bonds is 0. The zero-order valence-electron chi connectivity index (χ0n) is 32.3. The molecule has 55 heavy (non-hydrogen) atoms. The Bertz CT molecular complexity index is 1460. The van der Waals surface area contributed by atoms with Gasteiger partial charge in [0.1, 0.15) is 5.78 Å². The first-order chi connectivity index (χ1) is 25.0. The molecule has 8 aliphatic rings. The Morgan fingerprint density at radius 2 is 1.09 bits per heavy atom. The standard InChI is InChI=1S/C8H11NO2.C8H10O3.C8H10O2.C8H12O.2C2H4O2.H3N.O2Se.H2O2/c1-8-3-2-5(4-8)6(10)9-7(8)11;1-8-3-2-5(4-8)6(9)11-7(8)10;1-8-3-2-5(4-8)6(9)7(8)10;1-8-3-2-6(5-8)4-7(8)9;2*1-2(3)4;;1-3-2;1-2/h5H,2-4H2,1H3,(H,9,10,11);5H,2-4H2,1H3;5H,2-4H2,1H3;6H,2-5H2,1H3;2*1H3,(H,3,4);1H3;;1-2H. The minimum Gasteiger partial charge on any atom is -0.255 e. The Morgan fingerprint density at radius 1 is 0.673 bits per heavy atom. The second-order valence-corrected chi connectivity index (χ2v) is 16.4.